The van der Waals surface area contributed by atoms with Crippen molar-refractivity contribution in [1.29, 1.82) is 0 Å². The maximum absolute atomic E-state index is 10.2. The number of unbranched alkanes of at least 4 members (excludes halogenated alkanes) is 14. The third-order valence-electron chi connectivity index (χ3n) is 4.78. The summed E-state index contributed by atoms with van der Waals surface area (Å²) in [6, 6.07) is 0. The normalized spacial score (nSPS) is 12.1. The number of carboxylic acids is 3. The van der Waals surface area contributed by atoms with Gasteiger partial charge in [0.15, 0.2) is 6.10 Å². The van der Waals surface area contributed by atoms with E-state index in [1.165, 1.54) is 83.5 Å². The molecular formula is C22H40MgO8. The zero-order valence-corrected chi connectivity index (χ0v) is 20.5. The van der Waals surface area contributed by atoms with Crippen LogP contribution in [0.1, 0.15) is 110 Å². The fourth-order valence-electron chi connectivity index (χ4n) is 2.90. The van der Waals surface area contributed by atoms with Crippen molar-refractivity contribution in [2.24, 2.45) is 0 Å². The predicted octanol–water partition coefficient (Wildman–Crippen LogP) is 1.16. The van der Waals surface area contributed by atoms with Crippen molar-refractivity contribution in [2.75, 3.05) is 0 Å². The molecule has 3 N–H and O–H groups in total. The molecule has 31 heavy (non-hydrogen) atoms. The second-order valence-electron chi connectivity index (χ2n) is 7.62. The first kappa shape index (κ1) is 34.7. The molecule has 0 saturated heterocycles. The second kappa shape index (κ2) is 25.4. The van der Waals surface area contributed by atoms with E-state index in [2.05, 4.69) is 6.92 Å². The minimum Gasteiger partial charge on any atom is -0.550 e. The largest absolute Gasteiger partial charge is 2.00 e. The second-order valence-corrected chi connectivity index (χ2v) is 7.62. The number of aliphatic hydroxyl groups is 2. The molecule has 0 rings (SSSR count). The van der Waals surface area contributed by atoms with Gasteiger partial charge in [-0.3, -0.25) is 0 Å². The number of carbonyl (C=O) groups is 3. The van der Waals surface area contributed by atoms with Crippen LogP contribution >= 0.6 is 0 Å². The number of aliphatic hydroxyl groups excluding tert-OH is 2. The number of hydrogen-bond donors (Lipinski definition) is 3. The molecule has 0 aliphatic carbocycles. The Kier molecular flexibility index (Phi) is 28.4. The average Bonchev–Trinajstić information content (AvgIpc) is 2.69. The van der Waals surface area contributed by atoms with Gasteiger partial charge in [0.1, 0.15) is 6.10 Å². The van der Waals surface area contributed by atoms with Crippen LogP contribution in [0.4, 0.5) is 0 Å². The zero-order chi connectivity index (χ0) is 23.2. The Morgan fingerprint density at radius 1 is 0.645 bits per heavy atom. The number of carbonyl (C=O) groups excluding carboxylic acids is 2. The van der Waals surface area contributed by atoms with Crippen LogP contribution in [-0.2, 0) is 14.4 Å². The SMILES string of the molecule is CCCCCCCCCCCCCCCCCC(=O)[O-].O=C([O-])C(O)C(O)C(=O)O.[Mg+2]. The van der Waals surface area contributed by atoms with Crippen molar-refractivity contribution in [3.8, 4) is 0 Å². The molecule has 8 nitrogen and oxygen atoms in total. The maximum Gasteiger partial charge on any atom is 2.00 e. The molecule has 0 bridgehead atoms. The van der Waals surface area contributed by atoms with Gasteiger partial charge in [0.25, 0.3) is 0 Å². The molecule has 0 aliphatic rings. The number of aliphatic carboxylic acids is 3. The summed E-state index contributed by atoms with van der Waals surface area (Å²) in [5, 5.41) is 44.4. The van der Waals surface area contributed by atoms with Gasteiger partial charge in [-0.15, -0.1) is 0 Å². The minimum absolute atomic E-state index is 0. The Bertz CT molecular complexity index is 427. The monoisotopic (exact) mass is 456 g/mol. The zero-order valence-electron chi connectivity index (χ0n) is 19.1. The fourth-order valence-corrected chi connectivity index (χ4v) is 2.90. The summed E-state index contributed by atoms with van der Waals surface area (Å²) in [5.41, 5.74) is 0. The number of hydrogen-bond acceptors (Lipinski definition) is 7. The summed E-state index contributed by atoms with van der Waals surface area (Å²) in [5.74, 6) is -4.73. The van der Waals surface area contributed by atoms with Crippen molar-refractivity contribution in [1.82, 2.24) is 0 Å². The van der Waals surface area contributed by atoms with Crippen LogP contribution in [0.5, 0.6) is 0 Å². The van der Waals surface area contributed by atoms with Crippen LogP contribution in [0.15, 0.2) is 0 Å². The maximum atomic E-state index is 10.2. The van der Waals surface area contributed by atoms with Gasteiger partial charge in [0.05, 0.1) is 5.97 Å². The molecule has 0 fully saturated rings. The molecule has 9 heteroatoms. The third-order valence-corrected chi connectivity index (χ3v) is 4.78. The van der Waals surface area contributed by atoms with Crippen molar-refractivity contribution in [2.45, 2.75) is 122 Å². The van der Waals surface area contributed by atoms with E-state index < -0.39 is 30.1 Å². The average molecular weight is 457 g/mol. The summed E-state index contributed by atoms with van der Waals surface area (Å²) in [6.07, 6.45) is 15.2. The van der Waals surface area contributed by atoms with Gasteiger partial charge in [-0.25, -0.2) is 4.79 Å². The Morgan fingerprint density at radius 2 is 0.968 bits per heavy atom. The Balaban J connectivity index is -0.000000604. The first-order valence-corrected chi connectivity index (χ1v) is 11.2. The smallest absolute Gasteiger partial charge is 0.550 e. The van der Waals surface area contributed by atoms with Crippen molar-refractivity contribution >= 4 is 41.0 Å². The summed E-state index contributed by atoms with van der Waals surface area (Å²) in [4.78, 5) is 29.6. The van der Waals surface area contributed by atoms with Crippen LogP contribution in [0, 0.1) is 0 Å². The molecule has 0 radical (unpaired) electrons. The van der Waals surface area contributed by atoms with Gasteiger partial charge in [-0.2, -0.15) is 0 Å². The molecule has 0 aromatic carbocycles. The molecule has 0 saturated carbocycles. The van der Waals surface area contributed by atoms with Crippen molar-refractivity contribution in [3.63, 3.8) is 0 Å². The van der Waals surface area contributed by atoms with Gasteiger partial charge >= 0.3 is 29.0 Å². The van der Waals surface area contributed by atoms with E-state index in [4.69, 9.17) is 15.3 Å². The molecule has 0 aromatic heterocycles. The molecule has 178 valence electrons. The predicted molar refractivity (Wildman–Crippen MR) is 115 cm³/mol. The van der Waals surface area contributed by atoms with Crippen LogP contribution in [0.3, 0.4) is 0 Å². The molecule has 0 aliphatic heterocycles. The molecule has 2 atom stereocenters. The first-order valence-electron chi connectivity index (χ1n) is 11.2. The molecule has 2 unspecified atom stereocenters. The standard InChI is InChI=1S/C18H36O2.C4H6O6.Mg/c1-2-3-4-5-6-7-8-9-10-11-12-13-14-15-16-17-18(19)20;5-1(3(7)8)2(6)4(9)10;/h2-17H2,1H3,(H,19,20);1-2,5-6H,(H,7,8)(H,9,10);/q;;+2/p-2. The Labute approximate surface area is 202 Å². The molecule has 0 heterocycles. The number of rotatable bonds is 19. The van der Waals surface area contributed by atoms with Gasteiger partial charge in [-0.05, 0) is 12.8 Å². The molecule has 0 spiro atoms. The van der Waals surface area contributed by atoms with Gasteiger partial charge in [0, 0.05) is 5.97 Å². The van der Waals surface area contributed by atoms with E-state index in [-0.39, 0.29) is 29.5 Å². The van der Waals surface area contributed by atoms with Crippen LogP contribution < -0.4 is 10.2 Å². The quantitative estimate of drug-likeness (QED) is 0.193. The Hall–Kier alpha value is -0.904. The van der Waals surface area contributed by atoms with Crippen LogP contribution in [0.25, 0.3) is 0 Å². The van der Waals surface area contributed by atoms with E-state index in [0.29, 0.717) is 0 Å². The van der Waals surface area contributed by atoms with E-state index in [1.54, 1.807) is 0 Å². The first-order chi connectivity index (χ1) is 14.2. The van der Waals surface area contributed by atoms with Crippen LogP contribution in [0.2, 0.25) is 0 Å². The number of carboxylic acid groups (broad SMARTS) is 3. The minimum atomic E-state index is -2.38. The molecular weight excluding hydrogens is 417 g/mol. The van der Waals surface area contributed by atoms with E-state index >= 15 is 0 Å². The van der Waals surface area contributed by atoms with Gasteiger partial charge in [-0.1, -0.05) is 96.8 Å². The van der Waals surface area contributed by atoms with Crippen LogP contribution in [-0.4, -0.2) is 68.5 Å². The fraction of sp³-hybridized carbons (Fsp3) is 0.864. The van der Waals surface area contributed by atoms with Crippen molar-refractivity contribution < 1.29 is 39.9 Å². The van der Waals surface area contributed by atoms with E-state index in [0.717, 1.165) is 12.8 Å². The van der Waals surface area contributed by atoms with Crippen molar-refractivity contribution in [3.05, 3.63) is 0 Å². The van der Waals surface area contributed by atoms with Gasteiger partial charge in [0.2, 0.25) is 0 Å². The Morgan fingerprint density at radius 3 is 1.19 bits per heavy atom. The summed E-state index contributed by atoms with van der Waals surface area (Å²) < 4.78 is 0. The van der Waals surface area contributed by atoms with Gasteiger partial charge < -0.3 is 35.1 Å². The summed E-state index contributed by atoms with van der Waals surface area (Å²) in [6.45, 7) is 2.27. The topological polar surface area (TPSA) is 158 Å². The molecule has 0 amide bonds. The van der Waals surface area contributed by atoms with E-state index in [9.17, 15) is 24.6 Å². The third kappa shape index (κ3) is 27.1. The molecule has 0 aromatic rings. The summed E-state index contributed by atoms with van der Waals surface area (Å²) in [7, 11) is 0. The summed E-state index contributed by atoms with van der Waals surface area (Å²) >= 11 is 0. The van der Waals surface area contributed by atoms with E-state index in [1.807, 2.05) is 0 Å².